The molecule has 2 rings (SSSR count). The van der Waals surface area contributed by atoms with Crippen molar-refractivity contribution in [2.45, 2.75) is 13.8 Å². The van der Waals surface area contributed by atoms with E-state index >= 15 is 0 Å². The Labute approximate surface area is 123 Å². The number of rotatable bonds is 5. The summed E-state index contributed by atoms with van der Waals surface area (Å²) in [5.74, 6) is 1.31. The van der Waals surface area contributed by atoms with Gasteiger partial charge in [0.1, 0.15) is 5.82 Å². The third-order valence-electron chi connectivity index (χ3n) is 2.79. The first-order valence-electron chi connectivity index (χ1n) is 6.32. The van der Waals surface area contributed by atoms with E-state index in [1.165, 1.54) is 0 Å². The lowest BCUT2D eigenvalue weighted by Gasteiger charge is -2.11. The Balaban J connectivity index is 2.26. The molecule has 2 aromatic rings. The SMILES string of the molecule is C=CCNc1nc(C)cc(Nc2cccc(Cl)c2C)n1. The minimum absolute atomic E-state index is 0.576. The van der Waals surface area contributed by atoms with Crippen molar-refractivity contribution in [2.24, 2.45) is 0 Å². The number of aryl methyl sites for hydroxylation is 1. The summed E-state index contributed by atoms with van der Waals surface area (Å²) in [6.07, 6.45) is 1.76. The highest BCUT2D eigenvalue weighted by atomic mass is 35.5. The van der Waals surface area contributed by atoms with Crippen LogP contribution in [0.4, 0.5) is 17.5 Å². The number of nitrogens with one attached hydrogen (secondary N) is 2. The van der Waals surface area contributed by atoms with Gasteiger partial charge in [-0.15, -0.1) is 6.58 Å². The second-order valence-corrected chi connectivity index (χ2v) is 4.83. The van der Waals surface area contributed by atoms with E-state index < -0.39 is 0 Å². The van der Waals surface area contributed by atoms with Crippen LogP contribution in [0.25, 0.3) is 0 Å². The fourth-order valence-electron chi connectivity index (χ4n) is 1.76. The number of benzene rings is 1. The van der Waals surface area contributed by atoms with Gasteiger partial charge in [0.25, 0.3) is 0 Å². The van der Waals surface area contributed by atoms with E-state index in [4.69, 9.17) is 11.6 Å². The van der Waals surface area contributed by atoms with Crippen LogP contribution in [0.15, 0.2) is 36.9 Å². The van der Waals surface area contributed by atoms with Crippen molar-refractivity contribution >= 4 is 29.1 Å². The molecule has 0 fully saturated rings. The first-order valence-corrected chi connectivity index (χ1v) is 6.70. The molecule has 2 N–H and O–H groups in total. The maximum atomic E-state index is 6.11. The van der Waals surface area contributed by atoms with Crippen molar-refractivity contribution in [3.05, 3.63) is 53.2 Å². The molecule has 0 aliphatic carbocycles. The highest BCUT2D eigenvalue weighted by Gasteiger charge is 2.05. The van der Waals surface area contributed by atoms with Crippen molar-refractivity contribution in [3.63, 3.8) is 0 Å². The first kappa shape index (κ1) is 14.3. The first-order chi connectivity index (χ1) is 9.60. The van der Waals surface area contributed by atoms with E-state index in [-0.39, 0.29) is 0 Å². The van der Waals surface area contributed by atoms with Crippen molar-refractivity contribution in [1.29, 1.82) is 0 Å². The van der Waals surface area contributed by atoms with Crippen LogP contribution < -0.4 is 10.6 Å². The number of hydrogen-bond donors (Lipinski definition) is 2. The van der Waals surface area contributed by atoms with Gasteiger partial charge in [-0.3, -0.25) is 0 Å². The Morgan fingerprint density at radius 1 is 1.30 bits per heavy atom. The molecule has 1 aromatic carbocycles. The normalized spacial score (nSPS) is 10.2. The fourth-order valence-corrected chi connectivity index (χ4v) is 1.93. The minimum atomic E-state index is 0.576. The molecular weight excluding hydrogens is 272 g/mol. The summed E-state index contributed by atoms with van der Waals surface area (Å²) in [7, 11) is 0. The lowest BCUT2D eigenvalue weighted by molar-refractivity contribution is 1.08. The quantitative estimate of drug-likeness (QED) is 0.814. The van der Waals surface area contributed by atoms with E-state index in [1.807, 2.05) is 38.1 Å². The molecule has 0 spiro atoms. The van der Waals surface area contributed by atoms with Gasteiger partial charge in [0.05, 0.1) is 0 Å². The molecule has 5 heteroatoms. The van der Waals surface area contributed by atoms with Crippen molar-refractivity contribution < 1.29 is 0 Å². The van der Waals surface area contributed by atoms with Crippen LogP contribution in [0, 0.1) is 13.8 Å². The lowest BCUT2D eigenvalue weighted by atomic mass is 10.2. The van der Waals surface area contributed by atoms with Crippen molar-refractivity contribution in [3.8, 4) is 0 Å². The second-order valence-electron chi connectivity index (χ2n) is 4.43. The van der Waals surface area contributed by atoms with Crippen LogP contribution in [0.5, 0.6) is 0 Å². The zero-order valence-corrected chi connectivity index (χ0v) is 12.3. The lowest BCUT2D eigenvalue weighted by Crippen LogP contribution is -2.06. The molecule has 0 aliphatic rings. The van der Waals surface area contributed by atoms with Gasteiger partial charge in [-0.25, -0.2) is 4.98 Å². The number of hydrogen-bond acceptors (Lipinski definition) is 4. The van der Waals surface area contributed by atoms with Gasteiger partial charge in [0, 0.05) is 29.0 Å². The number of aromatic nitrogens is 2. The topological polar surface area (TPSA) is 49.8 Å². The van der Waals surface area contributed by atoms with Gasteiger partial charge in [-0.05, 0) is 31.5 Å². The largest absolute Gasteiger partial charge is 0.351 e. The molecule has 0 unspecified atom stereocenters. The zero-order valence-electron chi connectivity index (χ0n) is 11.6. The summed E-state index contributed by atoms with van der Waals surface area (Å²) >= 11 is 6.11. The molecule has 0 bridgehead atoms. The Morgan fingerprint density at radius 3 is 2.85 bits per heavy atom. The molecule has 1 heterocycles. The van der Waals surface area contributed by atoms with E-state index in [0.717, 1.165) is 27.8 Å². The zero-order chi connectivity index (χ0) is 14.5. The van der Waals surface area contributed by atoms with Crippen LogP contribution in [0.2, 0.25) is 5.02 Å². The van der Waals surface area contributed by atoms with Crippen LogP contribution in [-0.2, 0) is 0 Å². The Hall–Kier alpha value is -2.07. The molecule has 0 amide bonds. The van der Waals surface area contributed by atoms with Crippen LogP contribution in [-0.4, -0.2) is 16.5 Å². The molecular formula is C15H17ClN4. The number of halogens is 1. The van der Waals surface area contributed by atoms with E-state index in [2.05, 4.69) is 27.2 Å². The van der Waals surface area contributed by atoms with Gasteiger partial charge in [-0.2, -0.15) is 4.98 Å². The van der Waals surface area contributed by atoms with Crippen molar-refractivity contribution in [1.82, 2.24) is 9.97 Å². The molecule has 0 aliphatic heterocycles. The molecule has 1 aromatic heterocycles. The van der Waals surface area contributed by atoms with Gasteiger partial charge in [0.2, 0.25) is 5.95 Å². The second kappa shape index (κ2) is 6.39. The summed E-state index contributed by atoms with van der Waals surface area (Å²) in [6, 6.07) is 7.63. The number of nitrogens with zero attached hydrogens (tertiary/aromatic N) is 2. The van der Waals surface area contributed by atoms with E-state index in [1.54, 1.807) is 6.08 Å². The van der Waals surface area contributed by atoms with Gasteiger partial charge >= 0.3 is 0 Å². The van der Waals surface area contributed by atoms with Gasteiger partial charge < -0.3 is 10.6 Å². The van der Waals surface area contributed by atoms with Crippen LogP contribution in [0.3, 0.4) is 0 Å². The Kier molecular flexibility index (Phi) is 4.58. The molecule has 4 nitrogen and oxygen atoms in total. The highest BCUT2D eigenvalue weighted by molar-refractivity contribution is 6.31. The van der Waals surface area contributed by atoms with Gasteiger partial charge in [0.15, 0.2) is 0 Å². The third kappa shape index (κ3) is 3.48. The predicted octanol–water partition coefficient (Wildman–Crippen LogP) is 4.09. The maximum absolute atomic E-state index is 6.11. The maximum Gasteiger partial charge on any atom is 0.225 e. The summed E-state index contributed by atoms with van der Waals surface area (Å²) in [6.45, 7) is 8.18. The summed E-state index contributed by atoms with van der Waals surface area (Å²) in [5, 5.41) is 7.08. The predicted molar refractivity (Wildman–Crippen MR) is 84.9 cm³/mol. The molecule has 0 saturated carbocycles. The van der Waals surface area contributed by atoms with Crippen LogP contribution >= 0.6 is 11.6 Å². The Morgan fingerprint density at radius 2 is 2.10 bits per heavy atom. The summed E-state index contributed by atoms with van der Waals surface area (Å²) in [4.78, 5) is 8.73. The van der Waals surface area contributed by atoms with Gasteiger partial charge in [-0.1, -0.05) is 23.7 Å². The van der Waals surface area contributed by atoms with E-state index in [9.17, 15) is 0 Å². The summed E-state index contributed by atoms with van der Waals surface area (Å²) in [5.41, 5.74) is 2.81. The summed E-state index contributed by atoms with van der Waals surface area (Å²) < 4.78 is 0. The molecule has 20 heavy (non-hydrogen) atoms. The highest BCUT2D eigenvalue weighted by Crippen LogP contribution is 2.25. The fraction of sp³-hybridized carbons (Fsp3) is 0.200. The molecule has 0 atom stereocenters. The molecule has 104 valence electrons. The Bertz CT molecular complexity index is 625. The minimum Gasteiger partial charge on any atom is -0.351 e. The molecule has 0 radical (unpaired) electrons. The third-order valence-corrected chi connectivity index (χ3v) is 3.20. The van der Waals surface area contributed by atoms with E-state index in [0.29, 0.717) is 12.5 Å². The van der Waals surface area contributed by atoms with Crippen molar-refractivity contribution in [2.75, 3.05) is 17.2 Å². The number of anilines is 3. The smallest absolute Gasteiger partial charge is 0.225 e. The average molecular weight is 289 g/mol. The van der Waals surface area contributed by atoms with Crippen LogP contribution in [0.1, 0.15) is 11.3 Å². The standard InChI is InChI=1S/C15H17ClN4/c1-4-8-17-15-18-10(2)9-14(20-15)19-13-7-5-6-12(16)11(13)3/h4-7,9H,1,8H2,2-3H3,(H2,17,18,19,20). The monoisotopic (exact) mass is 288 g/mol. The average Bonchev–Trinajstić information content (AvgIpc) is 2.41. The molecule has 0 saturated heterocycles.